The van der Waals surface area contributed by atoms with E-state index in [0.717, 1.165) is 100 Å². The van der Waals surface area contributed by atoms with E-state index in [4.69, 9.17) is 19.2 Å². The topological polar surface area (TPSA) is 122 Å². The van der Waals surface area contributed by atoms with Crippen molar-refractivity contribution in [1.82, 2.24) is 25.4 Å². The highest BCUT2D eigenvalue weighted by atomic mass is 32.2. The molecule has 0 saturated carbocycles. The number of carbonyl (C=O) groups excluding carboxylic acids is 3. The van der Waals surface area contributed by atoms with Crippen molar-refractivity contribution in [1.29, 1.82) is 0 Å². The van der Waals surface area contributed by atoms with Crippen LogP contribution in [0.3, 0.4) is 0 Å². The molecule has 2 aliphatic rings. The molecule has 2 amide bonds. The Morgan fingerprint density at radius 2 is 1.11 bits per heavy atom. The summed E-state index contributed by atoms with van der Waals surface area (Å²) in [5.41, 5.74) is 5.31. The SMILES string of the molecule is CCOC(=O)/C=C/c1cc(-c2ccc(OC)cc2CNC(=O)CN2CCSCCSCC2)nc(-c2ccc(OC)cc2CNC(=O)CN2CCSCCSCC2)c1. The van der Waals surface area contributed by atoms with Gasteiger partial charge < -0.3 is 24.8 Å². The predicted molar refractivity (Wildman–Crippen MR) is 240 cm³/mol. The molecule has 2 N–H and O–H groups in total. The molecule has 0 atom stereocenters. The summed E-state index contributed by atoms with van der Waals surface area (Å²) in [6, 6.07) is 15.3. The summed E-state index contributed by atoms with van der Waals surface area (Å²) < 4.78 is 16.4. The summed E-state index contributed by atoms with van der Waals surface area (Å²) >= 11 is 7.75. The van der Waals surface area contributed by atoms with Crippen LogP contribution in [0.1, 0.15) is 23.6 Å². The van der Waals surface area contributed by atoms with E-state index >= 15 is 0 Å². The number of hydrogen-bond acceptors (Lipinski definition) is 13. The first-order valence-electron chi connectivity index (χ1n) is 19.4. The summed E-state index contributed by atoms with van der Waals surface area (Å²) in [6.07, 6.45) is 3.12. The molecular formula is C42H55N5O6S4. The number of carbonyl (C=O) groups is 3. The third-order valence-corrected chi connectivity index (χ3v) is 13.7. The molecule has 0 unspecified atom stereocenters. The lowest BCUT2D eigenvalue weighted by Gasteiger charge is -2.21. The molecule has 0 aliphatic carbocycles. The van der Waals surface area contributed by atoms with E-state index in [1.54, 1.807) is 27.2 Å². The Morgan fingerprint density at radius 3 is 1.51 bits per heavy atom. The number of ether oxygens (including phenoxy) is 3. The maximum atomic E-state index is 13.3. The number of methoxy groups -OCH3 is 2. The zero-order chi connectivity index (χ0) is 40.2. The zero-order valence-electron chi connectivity index (χ0n) is 33.2. The van der Waals surface area contributed by atoms with Gasteiger partial charge in [0, 0.05) is 102 Å². The fraction of sp³-hybridized carbons (Fsp3) is 0.476. The van der Waals surface area contributed by atoms with E-state index in [-0.39, 0.29) is 31.5 Å². The molecule has 0 radical (unpaired) electrons. The van der Waals surface area contributed by atoms with Gasteiger partial charge in [-0.15, -0.1) is 0 Å². The van der Waals surface area contributed by atoms with Gasteiger partial charge in [-0.25, -0.2) is 9.78 Å². The van der Waals surface area contributed by atoms with Gasteiger partial charge in [-0.2, -0.15) is 47.0 Å². The van der Waals surface area contributed by atoms with E-state index in [1.807, 2.05) is 95.6 Å². The second-order valence-electron chi connectivity index (χ2n) is 13.4. The van der Waals surface area contributed by atoms with Gasteiger partial charge in [-0.3, -0.25) is 19.4 Å². The van der Waals surface area contributed by atoms with Crippen molar-refractivity contribution in [3.8, 4) is 34.0 Å². The number of nitrogens with one attached hydrogen (secondary N) is 2. The average molecular weight is 854 g/mol. The van der Waals surface area contributed by atoms with Crippen LogP contribution in [0, 0.1) is 0 Å². The van der Waals surface area contributed by atoms with Gasteiger partial charge in [0.05, 0.1) is 45.3 Å². The molecule has 2 fully saturated rings. The number of rotatable bonds is 15. The number of thioether (sulfide) groups is 4. The van der Waals surface area contributed by atoms with Crippen molar-refractivity contribution in [2.45, 2.75) is 20.0 Å². The maximum Gasteiger partial charge on any atom is 0.330 e. The third kappa shape index (κ3) is 15.1. The van der Waals surface area contributed by atoms with E-state index in [0.29, 0.717) is 36.0 Å². The molecule has 15 heteroatoms. The van der Waals surface area contributed by atoms with Crippen molar-refractivity contribution in [2.24, 2.45) is 0 Å². The first kappa shape index (κ1) is 44.8. The van der Waals surface area contributed by atoms with Crippen LogP contribution in [0.5, 0.6) is 11.5 Å². The number of benzene rings is 2. The van der Waals surface area contributed by atoms with E-state index in [2.05, 4.69) is 20.4 Å². The van der Waals surface area contributed by atoms with Gasteiger partial charge in [0.2, 0.25) is 11.8 Å². The van der Waals surface area contributed by atoms with Crippen LogP contribution < -0.4 is 20.1 Å². The quantitative estimate of drug-likeness (QED) is 0.142. The number of amides is 2. The summed E-state index contributed by atoms with van der Waals surface area (Å²) in [4.78, 5) is 48.7. The summed E-state index contributed by atoms with van der Waals surface area (Å²) in [7, 11) is 3.24. The first-order valence-corrected chi connectivity index (χ1v) is 24.0. The van der Waals surface area contributed by atoms with Crippen LogP contribution in [-0.2, 0) is 32.2 Å². The number of nitrogens with zero attached hydrogens (tertiary/aromatic N) is 3. The molecule has 57 heavy (non-hydrogen) atoms. The van der Waals surface area contributed by atoms with Gasteiger partial charge in [-0.05, 0) is 78.2 Å². The molecule has 3 aromatic rings. The van der Waals surface area contributed by atoms with Crippen LogP contribution in [0.2, 0.25) is 0 Å². The molecule has 1 aromatic heterocycles. The number of pyridine rings is 1. The van der Waals surface area contributed by atoms with Gasteiger partial charge >= 0.3 is 5.97 Å². The maximum absolute atomic E-state index is 13.3. The third-order valence-electron chi connectivity index (χ3n) is 9.36. The number of hydrogen-bond donors (Lipinski definition) is 2. The summed E-state index contributed by atoms with van der Waals surface area (Å²) in [5.74, 6) is 9.44. The first-order chi connectivity index (χ1) is 27.8. The fourth-order valence-electron chi connectivity index (χ4n) is 6.33. The molecule has 5 rings (SSSR count). The Hall–Kier alpha value is -3.34. The van der Waals surface area contributed by atoms with Gasteiger partial charge in [0.1, 0.15) is 11.5 Å². The number of aromatic nitrogens is 1. The monoisotopic (exact) mass is 853 g/mol. The van der Waals surface area contributed by atoms with Crippen molar-refractivity contribution >= 4 is 70.9 Å². The fourth-order valence-corrected chi connectivity index (χ4v) is 10.6. The van der Waals surface area contributed by atoms with E-state index in [9.17, 15) is 14.4 Å². The summed E-state index contributed by atoms with van der Waals surface area (Å²) in [6.45, 7) is 6.80. The van der Waals surface area contributed by atoms with Crippen LogP contribution in [0.4, 0.5) is 0 Å². The van der Waals surface area contributed by atoms with Crippen molar-refractivity contribution in [2.75, 3.05) is 106 Å². The van der Waals surface area contributed by atoms with Crippen LogP contribution in [0.15, 0.2) is 54.6 Å². The highest BCUT2D eigenvalue weighted by Gasteiger charge is 2.18. The Bertz CT molecular complexity index is 1680. The molecule has 11 nitrogen and oxygen atoms in total. The van der Waals surface area contributed by atoms with E-state index < -0.39 is 5.97 Å². The second kappa shape index (κ2) is 24.6. The normalized spacial score (nSPS) is 16.3. The second-order valence-corrected chi connectivity index (χ2v) is 18.3. The molecule has 3 heterocycles. The highest BCUT2D eigenvalue weighted by Crippen LogP contribution is 2.33. The van der Waals surface area contributed by atoms with Crippen molar-refractivity contribution < 1.29 is 28.6 Å². The minimum absolute atomic E-state index is 0.0395. The Morgan fingerprint density at radius 1 is 0.667 bits per heavy atom. The molecule has 0 bridgehead atoms. The molecular weight excluding hydrogens is 799 g/mol. The van der Waals surface area contributed by atoms with Crippen LogP contribution >= 0.6 is 47.0 Å². The van der Waals surface area contributed by atoms with Crippen LogP contribution in [-0.4, -0.2) is 139 Å². The lowest BCUT2D eigenvalue weighted by molar-refractivity contribution is -0.137. The predicted octanol–water partition coefficient (Wildman–Crippen LogP) is 5.81. The van der Waals surface area contributed by atoms with Gasteiger partial charge in [0.15, 0.2) is 0 Å². The minimum Gasteiger partial charge on any atom is -0.497 e. The minimum atomic E-state index is -0.446. The van der Waals surface area contributed by atoms with E-state index in [1.165, 1.54) is 6.08 Å². The molecule has 2 aliphatic heterocycles. The largest absolute Gasteiger partial charge is 0.497 e. The lowest BCUT2D eigenvalue weighted by Crippen LogP contribution is -2.39. The van der Waals surface area contributed by atoms with Crippen LogP contribution in [0.25, 0.3) is 28.6 Å². The molecule has 0 spiro atoms. The molecule has 308 valence electrons. The Balaban J connectivity index is 1.44. The molecule has 2 saturated heterocycles. The Kier molecular flexibility index (Phi) is 19.3. The summed E-state index contributed by atoms with van der Waals surface area (Å²) in [5, 5.41) is 6.30. The van der Waals surface area contributed by atoms with Gasteiger partial charge in [-0.1, -0.05) is 0 Å². The lowest BCUT2D eigenvalue weighted by atomic mass is 9.98. The zero-order valence-corrected chi connectivity index (χ0v) is 36.5. The standard InChI is InChI=1S/C42H55N5O6S4/c1-4-53-42(50)10-5-31-23-38(36-8-6-34(51-2)25-32(36)27-43-40(48)29-46-11-15-54-19-20-55-16-12-46)45-39(24-31)37-9-7-35(52-3)26-33(37)28-44-41(49)30-47-13-17-56-21-22-57-18-14-47/h5-10,23-26H,4,11-22,27-30H2,1-3H3,(H,43,48)(H,44,49)/b10-5+. The van der Waals surface area contributed by atoms with Crippen molar-refractivity contribution in [3.63, 3.8) is 0 Å². The van der Waals surface area contributed by atoms with Gasteiger partial charge in [0.25, 0.3) is 0 Å². The highest BCUT2D eigenvalue weighted by molar-refractivity contribution is 8.03. The Labute approximate surface area is 354 Å². The molecule has 2 aromatic carbocycles. The average Bonchev–Trinajstić information content (AvgIpc) is 3.44. The smallest absolute Gasteiger partial charge is 0.330 e. The van der Waals surface area contributed by atoms with Crippen molar-refractivity contribution in [3.05, 3.63) is 71.3 Å². The number of esters is 1.